The van der Waals surface area contributed by atoms with Gasteiger partial charge in [0.2, 0.25) is 0 Å². The molecule has 0 radical (unpaired) electrons. The minimum atomic E-state index is 0.390. The predicted molar refractivity (Wildman–Crippen MR) is 71.1 cm³/mol. The Morgan fingerprint density at radius 3 is 2.61 bits per heavy atom. The molecule has 2 aromatic heterocycles. The van der Waals surface area contributed by atoms with E-state index in [0.29, 0.717) is 11.0 Å². The number of benzene rings is 1. The maximum Gasteiger partial charge on any atom is 0.176 e. The number of halogens is 1. The van der Waals surface area contributed by atoms with Gasteiger partial charge in [-0.05, 0) is 26.0 Å². The van der Waals surface area contributed by atoms with Gasteiger partial charge in [-0.1, -0.05) is 23.7 Å². The lowest BCUT2D eigenvalue weighted by atomic mass is 10.3. The van der Waals surface area contributed by atoms with E-state index in [4.69, 9.17) is 11.6 Å². The zero-order valence-electron chi connectivity index (χ0n) is 10.1. The van der Waals surface area contributed by atoms with Gasteiger partial charge in [0.25, 0.3) is 0 Å². The smallest absolute Gasteiger partial charge is 0.176 e. The van der Waals surface area contributed by atoms with Crippen molar-refractivity contribution in [2.24, 2.45) is 0 Å². The lowest BCUT2D eigenvalue weighted by Gasteiger charge is -2.07. The summed E-state index contributed by atoms with van der Waals surface area (Å²) < 4.78 is 1.86. The molecule has 3 rings (SSSR count). The number of nitrogens with zero attached hydrogens (tertiary/aromatic N) is 4. The number of hydrogen-bond donors (Lipinski definition) is 0. The summed E-state index contributed by atoms with van der Waals surface area (Å²) in [6.07, 6.45) is 1.72. The van der Waals surface area contributed by atoms with Crippen LogP contribution in [-0.4, -0.2) is 19.5 Å². The second-order valence-corrected chi connectivity index (χ2v) is 4.47. The lowest BCUT2D eigenvalue weighted by Crippen LogP contribution is -2.02. The van der Waals surface area contributed by atoms with E-state index in [-0.39, 0.29) is 0 Å². The predicted octanol–water partition coefficient (Wildman–Crippen LogP) is 3.09. The molecule has 1 aromatic carbocycles. The van der Waals surface area contributed by atoms with Crippen LogP contribution in [0.3, 0.4) is 0 Å². The first-order valence-corrected chi connectivity index (χ1v) is 5.98. The Kier molecular flexibility index (Phi) is 2.52. The van der Waals surface area contributed by atoms with E-state index in [9.17, 15) is 0 Å². The van der Waals surface area contributed by atoms with E-state index in [1.165, 1.54) is 0 Å². The van der Waals surface area contributed by atoms with E-state index < -0.39 is 0 Å². The molecule has 0 aliphatic heterocycles. The summed E-state index contributed by atoms with van der Waals surface area (Å²) in [4.78, 5) is 13.1. The molecule has 90 valence electrons. The van der Waals surface area contributed by atoms with E-state index in [0.717, 1.165) is 22.4 Å². The maximum absolute atomic E-state index is 6.17. The molecule has 0 saturated carbocycles. The minimum Gasteiger partial charge on any atom is -0.280 e. The van der Waals surface area contributed by atoms with Crippen molar-refractivity contribution in [2.75, 3.05) is 0 Å². The number of imidazole rings is 1. The topological polar surface area (TPSA) is 43.6 Å². The summed E-state index contributed by atoms with van der Waals surface area (Å²) in [7, 11) is 0. The molecule has 0 atom stereocenters. The quantitative estimate of drug-likeness (QED) is 0.674. The number of rotatable bonds is 1. The fourth-order valence-corrected chi connectivity index (χ4v) is 2.11. The fourth-order valence-electron chi connectivity index (χ4n) is 1.85. The third-order valence-corrected chi connectivity index (χ3v) is 3.18. The third kappa shape index (κ3) is 1.66. The van der Waals surface area contributed by atoms with E-state index in [1.54, 1.807) is 6.33 Å². The van der Waals surface area contributed by atoms with Crippen LogP contribution < -0.4 is 0 Å². The molecule has 0 N–H and O–H groups in total. The number of aromatic nitrogens is 4. The normalized spacial score (nSPS) is 11.1. The van der Waals surface area contributed by atoms with E-state index in [1.807, 2.05) is 42.7 Å². The Hall–Kier alpha value is -1.94. The first kappa shape index (κ1) is 11.2. The molecule has 2 heterocycles. The number of para-hydroxylation sites is 2. The zero-order chi connectivity index (χ0) is 12.7. The number of fused-ring (bicyclic) bond motifs is 1. The number of aryl methyl sites for hydroxylation is 2. The van der Waals surface area contributed by atoms with E-state index >= 15 is 0 Å². The van der Waals surface area contributed by atoms with Crippen molar-refractivity contribution in [1.29, 1.82) is 0 Å². The van der Waals surface area contributed by atoms with Crippen LogP contribution in [0.4, 0.5) is 0 Å². The fraction of sp³-hybridized carbons (Fsp3) is 0.154. The summed E-state index contributed by atoms with van der Waals surface area (Å²) in [5.74, 6) is 0.619. The molecule has 0 unspecified atom stereocenters. The summed E-state index contributed by atoms with van der Waals surface area (Å²) in [5.41, 5.74) is 3.59. The summed E-state index contributed by atoms with van der Waals surface area (Å²) in [5, 5.41) is 0.390. The number of hydrogen-bond acceptors (Lipinski definition) is 3. The Morgan fingerprint density at radius 1 is 1.06 bits per heavy atom. The minimum absolute atomic E-state index is 0.390. The second kappa shape index (κ2) is 4.07. The van der Waals surface area contributed by atoms with Gasteiger partial charge in [-0.25, -0.2) is 15.0 Å². The molecule has 0 spiro atoms. The van der Waals surface area contributed by atoms with Crippen molar-refractivity contribution >= 4 is 22.6 Å². The molecule has 0 aliphatic rings. The molecular weight excluding hydrogens is 248 g/mol. The molecule has 0 bridgehead atoms. The van der Waals surface area contributed by atoms with Gasteiger partial charge in [0.15, 0.2) is 11.0 Å². The van der Waals surface area contributed by atoms with Gasteiger partial charge < -0.3 is 0 Å². The molecule has 0 aliphatic carbocycles. The van der Waals surface area contributed by atoms with Gasteiger partial charge in [0, 0.05) is 0 Å². The Labute approximate surface area is 109 Å². The van der Waals surface area contributed by atoms with E-state index in [2.05, 4.69) is 15.0 Å². The van der Waals surface area contributed by atoms with Crippen molar-refractivity contribution in [3.8, 4) is 5.82 Å². The van der Waals surface area contributed by atoms with Crippen LogP contribution in [0.1, 0.15) is 11.4 Å². The Morgan fingerprint density at radius 2 is 1.78 bits per heavy atom. The Bertz CT molecular complexity index is 733. The SMILES string of the molecule is Cc1nc(Cl)c(-n2cnc3ccccc32)nc1C. The maximum atomic E-state index is 6.17. The van der Waals surface area contributed by atoms with Crippen molar-refractivity contribution in [3.05, 3.63) is 47.1 Å². The second-order valence-electron chi connectivity index (χ2n) is 4.11. The molecule has 0 saturated heterocycles. The van der Waals surface area contributed by atoms with Crippen molar-refractivity contribution in [3.63, 3.8) is 0 Å². The molecule has 0 amide bonds. The van der Waals surface area contributed by atoms with Gasteiger partial charge >= 0.3 is 0 Å². The van der Waals surface area contributed by atoms with Gasteiger partial charge in [-0.3, -0.25) is 4.57 Å². The monoisotopic (exact) mass is 258 g/mol. The highest BCUT2D eigenvalue weighted by Crippen LogP contribution is 2.22. The average molecular weight is 259 g/mol. The first-order chi connectivity index (χ1) is 8.66. The first-order valence-electron chi connectivity index (χ1n) is 5.60. The van der Waals surface area contributed by atoms with Gasteiger partial charge in [0.05, 0.1) is 22.4 Å². The Balaban J connectivity index is 2.29. The van der Waals surface area contributed by atoms with Crippen LogP contribution in [0.15, 0.2) is 30.6 Å². The van der Waals surface area contributed by atoms with Crippen molar-refractivity contribution in [1.82, 2.24) is 19.5 Å². The van der Waals surface area contributed by atoms with Crippen LogP contribution in [0.25, 0.3) is 16.9 Å². The van der Waals surface area contributed by atoms with Crippen LogP contribution in [0, 0.1) is 13.8 Å². The van der Waals surface area contributed by atoms with Gasteiger partial charge in [-0.2, -0.15) is 0 Å². The highest BCUT2D eigenvalue weighted by Gasteiger charge is 2.11. The van der Waals surface area contributed by atoms with Crippen molar-refractivity contribution < 1.29 is 0 Å². The van der Waals surface area contributed by atoms with Crippen LogP contribution >= 0.6 is 11.6 Å². The standard InChI is InChI=1S/C13H11ClN4/c1-8-9(2)17-13(12(14)16-8)18-7-15-10-5-3-4-6-11(10)18/h3-7H,1-2H3. The third-order valence-electron chi connectivity index (χ3n) is 2.93. The summed E-state index contributed by atoms with van der Waals surface area (Å²) >= 11 is 6.17. The van der Waals surface area contributed by atoms with Crippen molar-refractivity contribution in [2.45, 2.75) is 13.8 Å². The van der Waals surface area contributed by atoms with Crippen LogP contribution in [-0.2, 0) is 0 Å². The average Bonchev–Trinajstić information content (AvgIpc) is 2.78. The molecular formula is C13H11ClN4. The highest BCUT2D eigenvalue weighted by atomic mass is 35.5. The summed E-state index contributed by atoms with van der Waals surface area (Å²) in [6, 6.07) is 7.85. The highest BCUT2D eigenvalue weighted by molar-refractivity contribution is 6.31. The van der Waals surface area contributed by atoms with Gasteiger partial charge in [0.1, 0.15) is 6.33 Å². The summed E-state index contributed by atoms with van der Waals surface area (Å²) in [6.45, 7) is 3.81. The molecule has 4 nitrogen and oxygen atoms in total. The largest absolute Gasteiger partial charge is 0.280 e. The van der Waals surface area contributed by atoms with Crippen LogP contribution in [0.5, 0.6) is 0 Å². The molecule has 18 heavy (non-hydrogen) atoms. The van der Waals surface area contributed by atoms with Crippen LogP contribution in [0.2, 0.25) is 5.15 Å². The molecule has 3 aromatic rings. The zero-order valence-corrected chi connectivity index (χ0v) is 10.8. The molecule has 5 heteroatoms. The lowest BCUT2D eigenvalue weighted by molar-refractivity contribution is 0.947. The van der Waals surface area contributed by atoms with Gasteiger partial charge in [-0.15, -0.1) is 0 Å². The molecule has 0 fully saturated rings.